The van der Waals surface area contributed by atoms with E-state index in [9.17, 15) is 4.79 Å². The second kappa shape index (κ2) is 9.38. The van der Waals surface area contributed by atoms with Crippen LogP contribution >= 0.6 is 11.8 Å². The van der Waals surface area contributed by atoms with Gasteiger partial charge in [-0.05, 0) is 42.2 Å². The number of aromatic nitrogens is 3. The first-order valence-corrected chi connectivity index (χ1v) is 10.8. The molecule has 0 radical (unpaired) electrons. The Hall–Kier alpha value is -2.74. The number of thioether (sulfide) groups is 1. The summed E-state index contributed by atoms with van der Waals surface area (Å²) in [5.41, 5.74) is 1.36. The molecule has 30 heavy (non-hydrogen) atoms. The van der Waals surface area contributed by atoms with Crippen LogP contribution in [-0.4, -0.2) is 26.4 Å². The van der Waals surface area contributed by atoms with Crippen LogP contribution in [-0.2, 0) is 23.8 Å². The highest BCUT2D eigenvalue weighted by atomic mass is 32.2. The standard InChI is InChI=1S/C22H28N4O3S/c1-15(29-17-10-8-16(9-11-17)22(2,3)4)20-24-25-21(26(20)5)30-14-19(27)23-13-18-7-6-12-28-18/h6-12,15H,13-14H2,1-5H3,(H,23,27)/t15-/m1/s1. The lowest BCUT2D eigenvalue weighted by Crippen LogP contribution is -2.24. The average Bonchev–Trinajstić information content (AvgIpc) is 3.34. The fraction of sp³-hybridized carbons (Fsp3) is 0.409. The Morgan fingerprint density at radius 2 is 1.97 bits per heavy atom. The number of benzene rings is 1. The molecule has 2 aromatic heterocycles. The molecule has 3 aromatic rings. The monoisotopic (exact) mass is 428 g/mol. The quantitative estimate of drug-likeness (QED) is 0.540. The molecule has 0 aliphatic heterocycles. The minimum Gasteiger partial charge on any atom is -0.483 e. The van der Waals surface area contributed by atoms with Crippen molar-refractivity contribution in [1.29, 1.82) is 0 Å². The second-order valence-corrected chi connectivity index (χ2v) is 9.02. The van der Waals surface area contributed by atoms with Crippen LogP contribution in [0.4, 0.5) is 0 Å². The Balaban J connectivity index is 1.54. The lowest BCUT2D eigenvalue weighted by Gasteiger charge is -2.20. The molecule has 0 spiro atoms. The van der Waals surface area contributed by atoms with Gasteiger partial charge in [0.2, 0.25) is 5.91 Å². The van der Waals surface area contributed by atoms with Crippen LogP contribution in [0.2, 0.25) is 0 Å². The summed E-state index contributed by atoms with van der Waals surface area (Å²) < 4.78 is 13.1. The predicted octanol–water partition coefficient (Wildman–Crippen LogP) is 4.25. The maximum absolute atomic E-state index is 12.0. The lowest BCUT2D eigenvalue weighted by atomic mass is 9.87. The van der Waals surface area contributed by atoms with E-state index in [1.54, 1.807) is 12.3 Å². The van der Waals surface area contributed by atoms with E-state index in [1.807, 2.05) is 36.7 Å². The molecule has 0 fully saturated rings. The summed E-state index contributed by atoms with van der Waals surface area (Å²) in [4.78, 5) is 12.0. The maximum atomic E-state index is 12.0. The zero-order valence-electron chi connectivity index (χ0n) is 18.0. The Bertz CT molecular complexity index is 959. The molecule has 0 bridgehead atoms. The summed E-state index contributed by atoms with van der Waals surface area (Å²) in [6.07, 6.45) is 1.31. The molecule has 7 nitrogen and oxygen atoms in total. The first-order valence-electron chi connectivity index (χ1n) is 9.82. The third-order valence-electron chi connectivity index (χ3n) is 4.64. The molecule has 0 saturated carbocycles. The number of nitrogens with zero attached hydrogens (tertiary/aromatic N) is 3. The number of amides is 1. The van der Waals surface area contributed by atoms with E-state index in [-0.39, 0.29) is 23.2 Å². The predicted molar refractivity (Wildman–Crippen MR) is 116 cm³/mol. The first-order chi connectivity index (χ1) is 14.2. The molecule has 3 rings (SSSR count). The minimum absolute atomic E-state index is 0.0933. The van der Waals surface area contributed by atoms with Gasteiger partial charge >= 0.3 is 0 Å². The van der Waals surface area contributed by atoms with E-state index in [0.717, 1.165) is 11.5 Å². The third-order valence-corrected chi connectivity index (χ3v) is 5.66. The van der Waals surface area contributed by atoms with Crippen LogP contribution in [0.25, 0.3) is 0 Å². The summed E-state index contributed by atoms with van der Waals surface area (Å²) in [6.45, 7) is 8.85. The van der Waals surface area contributed by atoms with Crippen LogP contribution in [0, 0.1) is 0 Å². The van der Waals surface area contributed by atoms with E-state index < -0.39 is 0 Å². The van der Waals surface area contributed by atoms with Crippen LogP contribution in [0.3, 0.4) is 0 Å². The van der Waals surface area contributed by atoms with Gasteiger partial charge in [-0.2, -0.15) is 0 Å². The van der Waals surface area contributed by atoms with Crippen molar-refractivity contribution in [2.24, 2.45) is 7.05 Å². The third kappa shape index (κ3) is 5.66. The van der Waals surface area contributed by atoms with Crippen LogP contribution in [0.5, 0.6) is 5.75 Å². The van der Waals surface area contributed by atoms with Crippen molar-refractivity contribution in [2.45, 2.75) is 50.9 Å². The van der Waals surface area contributed by atoms with Gasteiger partial charge in [0, 0.05) is 7.05 Å². The molecule has 0 aliphatic rings. The van der Waals surface area contributed by atoms with Crippen LogP contribution in [0.1, 0.15) is 50.9 Å². The Morgan fingerprint density at radius 3 is 2.60 bits per heavy atom. The van der Waals surface area contributed by atoms with Crippen molar-refractivity contribution in [3.63, 3.8) is 0 Å². The molecule has 0 aliphatic carbocycles. The van der Waals surface area contributed by atoms with Crippen molar-refractivity contribution < 1.29 is 13.9 Å². The Labute approximate surface area is 181 Å². The highest BCUT2D eigenvalue weighted by Gasteiger charge is 2.19. The summed E-state index contributed by atoms with van der Waals surface area (Å²) in [6, 6.07) is 11.7. The molecule has 8 heteroatoms. The van der Waals surface area contributed by atoms with Gasteiger partial charge in [-0.3, -0.25) is 4.79 Å². The number of hydrogen-bond donors (Lipinski definition) is 1. The Kier molecular flexibility index (Phi) is 6.87. The molecule has 160 valence electrons. The van der Waals surface area contributed by atoms with Gasteiger partial charge < -0.3 is 19.0 Å². The number of carbonyl (C=O) groups is 1. The van der Waals surface area contributed by atoms with E-state index in [1.165, 1.54) is 17.3 Å². The van der Waals surface area contributed by atoms with E-state index in [2.05, 4.69) is 48.4 Å². The summed E-state index contributed by atoms with van der Waals surface area (Å²) in [7, 11) is 1.88. The van der Waals surface area contributed by atoms with Crippen LogP contribution < -0.4 is 10.1 Å². The fourth-order valence-electron chi connectivity index (χ4n) is 2.88. The molecule has 1 N–H and O–H groups in total. The molecule has 0 saturated heterocycles. The van der Waals surface area contributed by atoms with Gasteiger partial charge in [0.1, 0.15) is 11.5 Å². The van der Waals surface area contributed by atoms with E-state index in [0.29, 0.717) is 17.5 Å². The summed E-state index contributed by atoms with van der Waals surface area (Å²) in [5, 5.41) is 11.9. The molecule has 1 atom stereocenters. The molecular formula is C22H28N4O3S. The highest BCUT2D eigenvalue weighted by molar-refractivity contribution is 7.99. The van der Waals surface area contributed by atoms with Crippen molar-refractivity contribution in [1.82, 2.24) is 20.1 Å². The second-order valence-electron chi connectivity index (χ2n) is 8.08. The normalized spacial score (nSPS) is 12.6. The first kappa shape index (κ1) is 22.0. The minimum atomic E-state index is -0.273. The number of ether oxygens (including phenoxy) is 1. The largest absolute Gasteiger partial charge is 0.483 e. The molecule has 1 aromatic carbocycles. The van der Waals surface area contributed by atoms with Crippen molar-refractivity contribution >= 4 is 17.7 Å². The van der Waals surface area contributed by atoms with Gasteiger partial charge in [-0.1, -0.05) is 44.7 Å². The van der Waals surface area contributed by atoms with Gasteiger partial charge in [0.05, 0.1) is 18.6 Å². The topological polar surface area (TPSA) is 82.2 Å². The van der Waals surface area contributed by atoms with Gasteiger partial charge in [-0.15, -0.1) is 10.2 Å². The van der Waals surface area contributed by atoms with E-state index in [4.69, 9.17) is 9.15 Å². The number of furan rings is 1. The zero-order valence-corrected chi connectivity index (χ0v) is 18.8. The summed E-state index contributed by atoms with van der Waals surface area (Å²) in [5.74, 6) is 2.36. The van der Waals surface area contributed by atoms with Crippen molar-refractivity contribution in [3.8, 4) is 5.75 Å². The lowest BCUT2D eigenvalue weighted by molar-refractivity contribution is -0.118. The van der Waals surface area contributed by atoms with Crippen LogP contribution in [0.15, 0.2) is 52.2 Å². The smallest absolute Gasteiger partial charge is 0.230 e. The van der Waals surface area contributed by atoms with Gasteiger partial charge in [0.15, 0.2) is 17.1 Å². The maximum Gasteiger partial charge on any atom is 0.230 e. The number of nitrogens with one attached hydrogen (secondary N) is 1. The average molecular weight is 429 g/mol. The Morgan fingerprint density at radius 1 is 1.23 bits per heavy atom. The molecule has 2 heterocycles. The van der Waals surface area contributed by atoms with Gasteiger partial charge in [0.25, 0.3) is 0 Å². The van der Waals surface area contributed by atoms with E-state index >= 15 is 0 Å². The SMILES string of the molecule is C[C@@H](Oc1ccc(C(C)(C)C)cc1)c1nnc(SCC(=O)NCc2ccco2)n1C. The molecule has 0 unspecified atom stereocenters. The number of hydrogen-bond acceptors (Lipinski definition) is 6. The number of carbonyl (C=O) groups excluding carboxylic acids is 1. The highest BCUT2D eigenvalue weighted by Crippen LogP contribution is 2.27. The van der Waals surface area contributed by atoms with Crippen molar-refractivity contribution in [2.75, 3.05) is 5.75 Å². The van der Waals surface area contributed by atoms with Gasteiger partial charge in [-0.25, -0.2) is 0 Å². The molecule has 1 amide bonds. The summed E-state index contributed by atoms with van der Waals surface area (Å²) >= 11 is 1.33. The molecular weight excluding hydrogens is 400 g/mol. The zero-order chi connectivity index (χ0) is 21.7. The number of rotatable bonds is 8. The van der Waals surface area contributed by atoms with Crippen molar-refractivity contribution in [3.05, 3.63) is 59.8 Å². The fourth-order valence-corrected chi connectivity index (χ4v) is 3.62.